The standard InChI is InChI=1S/C26H31N3O2/c1-17-2-6-21(7-3-17)25-11-19-10-20(12-25)14-26(13-19,16-25)23(30)28-15-18-4-8-22(9-5-18)29-24(27)31/h2-9,19-20H,10-16H2,1H3,(H,28,30)(H3,27,29,31). The second-order valence-electron chi connectivity index (χ2n) is 10.3. The number of nitrogens with one attached hydrogen (secondary N) is 2. The molecule has 3 amide bonds. The fourth-order valence-corrected chi connectivity index (χ4v) is 6.99. The number of nitrogens with two attached hydrogens (primary N) is 1. The minimum Gasteiger partial charge on any atom is -0.352 e. The van der Waals surface area contributed by atoms with Crippen LogP contribution < -0.4 is 16.4 Å². The van der Waals surface area contributed by atoms with Crippen molar-refractivity contribution in [3.63, 3.8) is 0 Å². The van der Waals surface area contributed by atoms with E-state index in [1.807, 2.05) is 24.3 Å². The van der Waals surface area contributed by atoms with E-state index in [2.05, 4.69) is 41.8 Å². The average molecular weight is 418 g/mol. The quantitative estimate of drug-likeness (QED) is 0.662. The molecule has 0 aromatic heterocycles. The van der Waals surface area contributed by atoms with Crippen LogP contribution in [0.2, 0.25) is 0 Å². The van der Waals surface area contributed by atoms with Gasteiger partial charge in [0.15, 0.2) is 0 Å². The highest BCUT2D eigenvalue weighted by Crippen LogP contribution is 2.65. The van der Waals surface area contributed by atoms with Crippen molar-refractivity contribution < 1.29 is 9.59 Å². The molecule has 0 spiro atoms. The van der Waals surface area contributed by atoms with Gasteiger partial charge in [-0.2, -0.15) is 0 Å². The summed E-state index contributed by atoms with van der Waals surface area (Å²) in [6.07, 6.45) is 6.79. The van der Waals surface area contributed by atoms with Crippen molar-refractivity contribution in [2.45, 2.75) is 57.4 Å². The Morgan fingerprint density at radius 1 is 0.968 bits per heavy atom. The van der Waals surface area contributed by atoms with Gasteiger partial charge in [-0.25, -0.2) is 4.79 Å². The molecule has 5 nitrogen and oxygen atoms in total. The third kappa shape index (κ3) is 3.71. The monoisotopic (exact) mass is 417 g/mol. The van der Waals surface area contributed by atoms with E-state index in [4.69, 9.17) is 5.73 Å². The molecule has 4 saturated carbocycles. The predicted molar refractivity (Wildman–Crippen MR) is 121 cm³/mol. The first-order valence-corrected chi connectivity index (χ1v) is 11.4. The second-order valence-corrected chi connectivity index (χ2v) is 10.3. The van der Waals surface area contributed by atoms with Gasteiger partial charge in [0.2, 0.25) is 5.91 Å². The smallest absolute Gasteiger partial charge is 0.316 e. The Kier molecular flexibility index (Phi) is 4.80. The van der Waals surface area contributed by atoms with Crippen molar-refractivity contribution >= 4 is 17.6 Å². The molecular formula is C26H31N3O2. The molecular weight excluding hydrogens is 386 g/mol. The molecule has 4 aliphatic carbocycles. The summed E-state index contributed by atoms with van der Waals surface area (Å²) >= 11 is 0. The van der Waals surface area contributed by atoms with E-state index in [0.29, 0.717) is 24.1 Å². The van der Waals surface area contributed by atoms with Crippen molar-refractivity contribution in [2.75, 3.05) is 5.32 Å². The Morgan fingerprint density at radius 2 is 1.61 bits per heavy atom. The van der Waals surface area contributed by atoms with Gasteiger partial charge in [0.1, 0.15) is 0 Å². The Balaban J connectivity index is 1.32. The van der Waals surface area contributed by atoms with Crippen molar-refractivity contribution in [3.8, 4) is 0 Å². The van der Waals surface area contributed by atoms with Crippen molar-refractivity contribution in [1.29, 1.82) is 0 Å². The number of primary amides is 1. The van der Waals surface area contributed by atoms with Crippen LogP contribution in [0.3, 0.4) is 0 Å². The summed E-state index contributed by atoms with van der Waals surface area (Å²) < 4.78 is 0. The number of urea groups is 1. The van der Waals surface area contributed by atoms with Gasteiger partial charge >= 0.3 is 6.03 Å². The molecule has 0 radical (unpaired) electrons. The molecule has 2 unspecified atom stereocenters. The predicted octanol–water partition coefficient (Wildman–Crippen LogP) is 4.64. The number of benzene rings is 2. The summed E-state index contributed by atoms with van der Waals surface area (Å²) in [5.74, 6) is 1.54. The van der Waals surface area contributed by atoms with E-state index in [1.54, 1.807) is 0 Å². The maximum absolute atomic E-state index is 13.5. The fraction of sp³-hybridized carbons (Fsp3) is 0.462. The summed E-state index contributed by atoms with van der Waals surface area (Å²) in [5, 5.41) is 5.80. The Hall–Kier alpha value is -2.82. The topological polar surface area (TPSA) is 84.2 Å². The molecule has 4 bridgehead atoms. The van der Waals surface area contributed by atoms with Gasteiger partial charge in [0.25, 0.3) is 0 Å². The Morgan fingerprint density at radius 3 is 2.23 bits per heavy atom. The van der Waals surface area contributed by atoms with Crippen LogP contribution in [0.25, 0.3) is 0 Å². The highest BCUT2D eigenvalue weighted by Gasteiger charge is 2.60. The fourth-order valence-electron chi connectivity index (χ4n) is 6.99. The van der Waals surface area contributed by atoms with Crippen LogP contribution in [-0.2, 0) is 16.8 Å². The highest BCUT2D eigenvalue weighted by atomic mass is 16.2. The second kappa shape index (κ2) is 7.40. The number of anilines is 1. The van der Waals surface area contributed by atoms with Gasteiger partial charge in [-0.3, -0.25) is 4.79 Å². The summed E-state index contributed by atoms with van der Waals surface area (Å²) in [4.78, 5) is 24.5. The van der Waals surface area contributed by atoms with Gasteiger partial charge in [-0.05, 0) is 86.0 Å². The minimum absolute atomic E-state index is 0.164. The molecule has 2 aromatic carbocycles. The number of carbonyl (C=O) groups excluding carboxylic acids is 2. The maximum Gasteiger partial charge on any atom is 0.316 e. The first kappa shape index (κ1) is 20.1. The van der Waals surface area contributed by atoms with Crippen LogP contribution in [0.5, 0.6) is 0 Å². The van der Waals surface area contributed by atoms with Gasteiger partial charge in [-0.1, -0.05) is 42.0 Å². The van der Waals surface area contributed by atoms with Crippen LogP contribution >= 0.6 is 0 Å². The Bertz CT molecular complexity index is 982. The van der Waals surface area contributed by atoms with E-state index in [-0.39, 0.29) is 16.7 Å². The molecule has 5 heteroatoms. The molecule has 0 heterocycles. The molecule has 4 N–H and O–H groups in total. The van der Waals surface area contributed by atoms with Gasteiger partial charge in [0.05, 0.1) is 5.41 Å². The summed E-state index contributed by atoms with van der Waals surface area (Å²) in [5.41, 5.74) is 9.48. The maximum atomic E-state index is 13.5. The van der Waals surface area contributed by atoms with E-state index < -0.39 is 6.03 Å². The van der Waals surface area contributed by atoms with E-state index >= 15 is 0 Å². The molecule has 31 heavy (non-hydrogen) atoms. The lowest BCUT2D eigenvalue weighted by molar-refractivity contribution is -0.149. The van der Waals surface area contributed by atoms with Crippen LogP contribution in [0.15, 0.2) is 48.5 Å². The van der Waals surface area contributed by atoms with Crippen LogP contribution in [0.1, 0.15) is 55.2 Å². The lowest BCUT2D eigenvalue weighted by atomic mass is 9.42. The number of aryl methyl sites for hydroxylation is 1. The number of rotatable bonds is 5. The van der Waals surface area contributed by atoms with E-state index in [9.17, 15) is 9.59 Å². The van der Waals surface area contributed by atoms with Crippen molar-refractivity contribution in [2.24, 2.45) is 23.0 Å². The average Bonchev–Trinajstić information content (AvgIpc) is 2.72. The summed E-state index contributed by atoms with van der Waals surface area (Å²) in [6, 6.07) is 15.9. The Labute approximate surface area is 183 Å². The normalized spacial score (nSPS) is 30.7. The number of carbonyl (C=O) groups is 2. The number of hydrogen-bond acceptors (Lipinski definition) is 2. The van der Waals surface area contributed by atoms with E-state index in [1.165, 1.54) is 30.4 Å². The zero-order valence-corrected chi connectivity index (χ0v) is 18.1. The third-order valence-electron chi connectivity index (χ3n) is 7.88. The van der Waals surface area contributed by atoms with Crippen molar-refractivity contribution in [1.82, 2.24) is 5.32 Å². The van der Waals surface area contributed by atoms with Crippen LogP contribution in [-0.4, -0.2) is 11.9 Å². The molecule has 2 atom stereocenters. The first-order valence-electron chi connectivity index (χ1n) is 11.4. The van der Waals surface area contributed by atoms with E-state index in [0.717, 1.165) is 24.8 Å². The molecule has 4 aliphatic rings. The lowest BCUT2D eigenvalue weighted by Crippen LogP contribution is -2.59. The molecule has 0 aliphatic heterocycles. The van der Waals surface area contributed by atoms with Gasteiger partial charge in [-0.15, -0.1) is 0 Å². The SMILES string of the molecule is Cc1ccc(C23CC4CC(CC(C(=O)NCc5ccc(NC(N)=O)cc5)(C4)C2)C3)cc1. The first-order chi connectivity index (χ1) is 14.9. The van der Waals surface area contributed by atoms with Gasteiger partial charge < -0.3 is 16.4 Å². The molecule has 6 rings (SSSR count). The minimum atomic E-state index is -0.578. The van der Waals surface area contributed by atoms with Crippen molar-refractivity contribution in [3.05, 3.63) is 65.2 Å². The third-order valence-corrected chi connectivity index (χ3v) is 7.88. The van der Waals surface area contributed by atoms with Gasteiger partial charge in [0, 0.05) is 12.2 Å². The largest absolute Gasteiger partial charge is 0.352 e. The lowest BCUT2D eigenvalue weighted by Gasteiger charge is -2.61. The molecule has 0 saturated heterocycles. The van der Waals surface area contributed by atoms with Crippen LogP contribution in [0.4, 0.5) is 10.5 Å². The molecule has 4 fully saturated rings. The number of amides is 3. The highest BCUT2D eigenvalue weighted by molar-refractivity contribution is 5.87. The molecule has 2 aromatic rings. The zero-order chi connectivity index (χ0) is 21.6. The van der Waals surface area contributed by atoms with Crippen LogP contribution in [0, 0.1) is 24.2 Å². The zero-order valence-electron chi connectivity index (χ0n) is 18.1. The summed E-state index contributed by atoms with van der Waals surface area (Å²) in [7, 11) is 0. The number of hydrogen-bond donors (Lipinski definition) is 3. The molecule has 162 valence electrons. The summed E-state index contributed by atoms with van der Waals surface area (Å²) in [6.45, 7) is 2.64.